The van der Waals surface area contributed by atoms with Crippen LogP contribution in [0, 0.1) is 5.92 Å². The zero-order valence-corrected chi connectivity index (χ0v) is 13.9. The first-order valence-corrected chi connectivity index (χ1v) is 8.08. The average Bonchev–Trinajstić information content (AvgIpc) is 2.43. The Labute approximate surface area is 128 Å². The van der Waals surface area contributed by atoms with Crippen LogP contribution in [0.1, 0.15) is 59.3 Å². The van der Waals surface area contributed by atoms with Crippen LogP contribution in [0.3, 0.4) is 0 Å². The predicted octanol–water partition coefficient (Wildman–Crippen LogP) is 1.66. The second kappa shape index (κ2) is 7.78. The van der Waals surface area contributed by atoms with E-state index in [0.717, 1.165) is 38.5 Å². The molecule has 0 radical (unpaired) electrons. The molecule has 0 aromatic carbocycles. The molecule has 1 atom stereocenters. The van der Waals surface area contributed by atoms with Crippen molar-refractivity contribution >= 4 is 11.8 Å². The largest absolute Gasteiger partial charge is 0.344 e. The van der Waals surface area contributed by atoms with Gasteiger partial charge in [0.2, 0.25) is 11.8 Å². The van der Waals surface area contributed by atoms with Crippen LogP contribution in [0.2, 0.25) is 0 Å². The summed E-state index contributed by atoms with van der Waals surface area (Å²) in [7, 11) is 1.81. The van der Waals surface area contributed by atoms with Crippen LogP contribution >= 0.6 is 0 Å². The van der Waals surface area contributed by atoms with Gasteiger partial charge in [0.15, 0.2) is 0 Å². The summed E-state index contributed by atoms with van der Waals surface area (Å²) in [6.07, 6.45) is 5.39. The summed E-state index contributed by atoms with van der Waals surface area (Å²) in [5.74, 6) is 0.318. The molecule has 0 aromatic rings. The molecule has 21 heavy (non-hydrogen) atoms. The normalized spacial score (nSPS) is 19.1. The van der Waals surface area contributed by atoms with Gasteiger partial charge >= 0.3 is 0 Å². The summed E-state index contributed by atoms with van der Waals surface area (Å²) in [6.45, 7) is 6.30. The number of rotatable bonds is 6. The van der Waals surface area contributed by atoms with E-state index in [1.165, 1.54) is 6.92 Å². The van der Waals surface area contributed by atoms with E-state index in [2.05, 4.69) is 19.2 Å². The molecule has 5 heteroatoms. The fourth-order valence-electron chi connectivity index (χ4n) is 3.03. The lowest BCUT2D eigenvalue weighted by atomic mass is 9.80. The lowest BCUT2D eigenvalue weighted by molar-refractivity contribution is -0.142. The van der Waals surface area contributed by atoms with Crippen molar-refractivity contribution in [2.24, 2.45) is 11.7 Å². The zero-order chi connectivity index (χ0) is 16.0. The molecule has 3 N–H and O–H groups in total. The molecule has 5 nitrogen and oxygen atoms in total. The van der Waals surface area contributed by atoms with E-state index < -0.39 is 5.54 Å². The minimum Gasteiger partial charge on any atom is -0.344 e. The Balaban J connectivity index is 2.68. The fourth-order valence-corrected chi connectivity index (χ4v) is 3.03. The highest BCUT2D eigenvalue weighted by Crippen LogP contribution is 2.30. The van der Waals surface area contributed by atoms with E-state index >= 15 is 0 Å². The number of nitrogens with one attached hydrogen (secondary N) is 1. The fraction of sp³-hybridized carbons (Fsp3) is 0.875. The van der Waals surface area contributed by atoms with E-state index in [9.17, 15) is 9.59 Å². The van der Waals surface area contributed by atoms with Gasteiger partial charge in [0.1, 0.15) is 5.54 Å². The minimum atomic E-state index is -0.694. The van der Waals surface area contributed by atoms with Crippen LogP contribution in [-0.2, 0) is 9.59 Å². The van der Waals surface area contributed by atoms with Crippen LogP contribution in [-0.4, -0.2) is 41.9 Å². The average molecular weight is 297 g/mol. The maximum atomic E-state index is 12.8. The third kappa shape index (κ3) is 4.99. The van der Waals surface area contributed by atoms with Crippen LogP contribution in [0.5, 0.6) is 0 Å². The maximum absolute atomic E-state index is 12.8. The van der Waals surface area contributed by atoms with E-state index in [-0.39, 0.29) is 17.9 Å². The predicted molar refractivity (Wildman–Crippen MR) is 84.7 cm³/mol. The van der Waals surface area contributed by atoms with Crippen LogP contribution in [0.25, 0.3) is 0 Å². The number of amides is 2. The Morgan fingerprint density at radius 1 is 1.24 bits per heavy atom. The van der Waals surface area contributed by atoms with E-state index in [1.807, 2.05) is 7.05 Å². The molecule has 0 aliphatic heterocycles. The van der Waals surface area contributed by atoms with Gasteiger partial charge in [-0.1, -0.05) is 33.1 Å². The summed E-state index contributed by atoms with van der Waals surface area (Å²) < 4.78 is 0. The summed E-state index contributed by atoms with van der Waals surface area (Å²) >= 11 is 0. The second-order valence-corrected chi connectivity index (χ2v) is 6.75. The molecule has 0 bridgehead atoms. The van der Waals surface area contributed by atoms with Gasteiger partial charge < -0.3 is 16.0 Å². The van der Waals surface area contributed by atoms with Crippen molar-refractivity contribution in [2.45, 2.75) is 70.9 Å². The molecule has 1 unspecified atom stereocenters. The first-order valence-electron chi connectivity index (χ1n) is 8.08. The van der Waals surface area contributed by atoms with Crippen LogP contribution in [0.15, 0.2) is 0 Å². The van der Waals surface area contributed by atoms with Crippen molar-refractivity contribution in [1.82, 2.24) is 10.2 Å². The van der Waals surface area contributed by atoms with Crippen LogP contribution in [0.4, 0.5) is 0 Å². The number of nitrogens with two attached hydrogens (primary N) is 1. The molecular weight excluding hydrogens is 266 g/mol. The molecule has 122 valence electrons. The monoisotopic (exact) mass is 297 g/mol. The summed E-state index contributed by atoms with van der Waals surface area (Å²) in [4.78, 5) is 26.0. The highest BCUT2D eigenvalue weighted by molar-refractivity contribution is 5.90. The number of carbonyl (C=O) groups is 2. The first-order chi connectivity index (χ1) is 9.78. The molecule has 2 amide bonds. The van der Waals surface area contributed by atoms with Crippen molar-refractivity contribution in [2.75, 3.05) is 13.6 Å². The third-order valence-electron chi connectivity index (χ3n) is 4.53. The number of hydrogen-bond acceptors (Lipinski definition) is 3. The summed E-state index contributed by atoms with van der Waals surface area (Å²) in [5, 5.41) is 2.92. The lowest BCUT2D eigenvalue weighted by Crippen LogP contribution is -2.59. The Morgan fingerprint density at radius 3 is 2.29 bits per heavy atom. The van der Waals surface area contributed by atoms with Gasteiger partial charge in [-0.2, -0.15) is 0 Å². The van der Waals surface area contributed by atoms with Crippen molar-refractivity contribution in [3.63, 3.8) is 0 Å². The third-order valence-corrected chi connectivity index (χ3v) is 4.53. The molecule has 1 rings (SSSR count). The molecule has 0 aromatic heterocycles. The number of hydrogen-bond donors (Lipinski definition) is 2. The van der Waals surface area contributed by atoms with E-state index in [1.54, 1.807) is 4.90 Å². The molecule has 1 fully saturated rings. The lowest BCUT2D eigenvalue weighted by Gasteiger charge is -2.39. The second-order valence-electron chi connectivity index (χ2n) is 6.75. The van der Waals surface area contributed by atoms with Crippen LogP contribution < -0.4 is 11.1 Å². The smallest absolute Gasteiger partial charge is 0.248 e. The minimum absolute atomic E-state index is 0.0355. The topological polar surface area (TPSA) is 75.4 Å². The molecule has 1 saturated carbocycles. The Bertz CT molecular complexity index is 363. The van der Waals surface area contributed by atoms with Crippen molar-refractivity contribution in [3.8, 4) is 0 Å². The van der Waals surface area contributed by atoms with Crippen molar-refractivity contribution in [1.29, 1.82) is 0 Å². The SMILES string of the molecule is CC(=O)NC1(C(=O)N(C)CCC(N)C(C)C)CCCCC1. The van der Waals surface area contributed by atoms with Gasteiger partial charge in [-0.15, -0.1) is 0 Å². The molecule has 1 aliphatic rings. The van der Waals surface area contributed by atoms with Crippen molar-refractivity contribution in [3.05, 3.63) is 0 Å². The zero-order valence-electron chi connectivity index (χ0n) is 13.9. The first kappa shape index (κ1) is 18.0. The molecule has 1 aliphatic carbocycles. The molecule has 0 spiro atoms. The Morgan fingerprint density at radius 2 is 1.81 bits per heavy atom. The van der Waals surface area contributed by atoms with E-state index in [4.69, 9.17) is 5.73 Å². The van der Waals surface area contributed by atoms with Gasteiger partial charge in [-0.3, -0.25) is 9.59 Å². The number of carbonyl (C=O) groups excluding carboxylic acids is 2. The van der Waals surface area contributed by atoms with Gasteiger partial charge in [-0.05, 0) is 25.2 Å². The standard InChI is InChI=1S/C16H31N3O2/c1-12(2)14(17)8-11-19(4)15(21)16(18-13(3)20)9-6-5-7-10-16/h12,14H,5-11,17H2,1-4H3,(H,18,20). The molecule has 0 saturated heterocycles. The summed E-state index contributed by atoms with van der Waals surface area (Å²) in [5.41, 5.74) is 5.36. The Hall–Kier alpha value is -1.10. The van der Waals surface area contributed by atoms with E-state index in [0.29, 0.717) is 12.5 Å². The van der Waals surface area contributed by atoms with Gasteiger partial charge in [0.25, 0.3) is 0 Å². The van der Waals surface area contributed by atoms with Gasteiger partial charge in [0.05, 0.1) is 0 Å². The highest BCUT2D eigenvalue weighted by atomic mass is 16.2. The quantitative estimate of drug-likeness (QED) is 0.783. The highest BCUT2D eigenvalue weighted by Gasteiger charge is 2.41. The van der Waals surface area contributed by atoms with Gasteiger partial charge in [-0.25, -0.2) is 0 Å². The molecule has 0 heterocycles. The molecular formula is C16H31N3O2. The number of likely N-dealkylation sites (N-methyl/N-ethyl adjacent to an activating group) is 1. The van der Waals surface area contributed by atoms with Gasteiger partial charge in [0, 0.05) is 26.6 Å². The summed E-state index contributed by atoms with van der Waals surface area (Å²) in [6, 6.07) is 0.100. The number of nitrogens with zero attached hydrogens (tertiary/aromatic N) is 1. The maximum Gasteiger partial charge on any atom is 0.248 e. The van der Waals surface area contributed by atoms with Crippen molar-refractivity contribution < 1.29 is 9.59 Å². The Kier molecular flexibility index (Phi) is 6.65.